The highest BCUT2D eigenvalue weighted by molar-refractivity contribution is 5.99. The van der Waals surface area contributed by atoms with Crippen molar-refractivity contribution in [2.24, 2.45) is 0 Å². The molecular formula is C13H22N2O4. The molecule has 0 aliphatic rings. The number of ether oxygens (including phenoxy) is 3. The van der Waals surface area contributed by atoms with E-state index in [0.29, 0.717) is 24.7 Å². The highest BCUT2D eigenvalue weighted by Gasteiger charge is 2.29. The summed E-state index contributed by atoms with van der Waals surface area (Å²) in [5, 5.41) is 4.17. The molecule has 1 rings (SSSR count). The summed E-state index contributed by atoms with van der Waals surface area (Å²) in [5.41, 5.74) is 0.379. The van der Waals surface area contributed by atoms with Gasteiger partial charge >= 0.3 is 0 Å². The SMILES string of the molecule is CCOC(OCC)C(=O)c1c(OC)cnn1C(C)C. The maximum atomic E-state index is 12.5. The first-order valence-electron chi connectivity index (χ1n) is 6.45. The molecule has 0 spiro atoms. The Morgan fingerprint density at radius 2 is 1.89 bits per heavy atom. The molecule has 0 radical (unpaired) electrons. The third-order valence-corrected chi connectivity index (χ3v) is 2.55. The van der Waals surface area contributed by atoms with Crippen LogP contribution in [-0.4, -0.2) is 42.2 Å². The molecule has 1 aromatic heterocycles. The van der Waals surface area contributed by atoms with Gasteiger partial charge in [-0.3, -0.25) is 9.48 Å². The van der Waals surface area contributed by atoms with Gasteiger partial charge in [0.1, 0.15) is 0 Å². The molecule has 0 amide bonds. The minimum atomic E-state index is -0.918. The molecule has 0 aliphatic heterocycles. The minimum absolute atomic E-state index is 0.0479. The van der Waals surface area contributed by atoms with Gasteiger partial charge in [0.2, 0.25) is 12.1 Å². The van der Waals surface area contributed by atoms with Crippen LogP contribution >= 0.6 is 0 Å². The molecule has 0 unspecified atom stereocenters. The fourth-order valence-electron chi connectivity index (χ4n) is 1.74. The first kappa shape index (κ1) is 15.7. The summed E-state index contributed by atoms with van der Waals surface area (Å²) in [6, 6.07) is 0.0479. The lowest BCUT2D eigenvalue weighted by Crippen LogP contribution is -2.30. The van der Waals surface area contributed by atoms with Crippen molar-refractivity contribution in [3.63, 3.8) is 0 Å². The number of methoxy groups -OCH3 is 1. The van der Waals surface area contributed by atoms with Crippen LogP contribution in [0, 0.1) is 0 Å². The lowest BCUT2D eigenvalue weighted by atomic mass is 10.2. The maximum Gasteiger partial charge on any atom is 0.240 e. The molecule has 1 heterocycles. The van der Waals surface area contributed by atoms with Gasteiger partial charge in [-0.25, -0.2) is 0 Å². The third-order valence-electron chi connectivity index (χ3n) is 2.55. The van der Waals surface area contributed by atoms with Crippen molar-refractivity contribution in [1.82, 2.24) is 9.78 Å². The largest absolute Gasteiger partial charge is 0.493 e. The number of hydrogen-bond acceptors (Lipinski definition) is 5. The Morgan fingerprint density at radius 3 is 2.32 bits per heavy atom. The van der Waals surface area contributed by atoms with Gasteiger partial charge < -0.3 is 14.2 Å². The minimum Gasteiger partial charge on any atom is -0.493 e. The topological polar surface area (TPSA) is 62.6 Å². The van der Waals surface area contributed by atoms with Gasteiger partial charge in [-0.15, -0.1) is 0 Å². The second-order valence-corrected chi connectivity index (χ2v) is 4.21. The van der Waals surface area contributed by atoms with Crippen molar-refractivity contribution in [2.75, 3.05) is 20.3 Å². The summed E-state index contributed by atoms with van der Waals surface area (Å²) in [4.78, 5) is 12.5. The Hall–Kier alpha value is -1.40. The molecule has 19 heavy (non-hydrogen) atoms. The Kier molecular flexibility index (Phi) is 5.98. The van der Waals surface area contributed by atoms with Crippen LogP contribution in [0.15, 0.2) is 6.20 Å². The number of rotatable bonds is 8. The highest BCUT2D eigenvalue weighted by Crippen LogP contribution is 2.23. The fraction of sp³-hybridized carbons (Fsp3) is 0.692. The quantitative estimate of drug-likeness (QED) is 0.534. The monoisotopic (exact) mass is 270 g/mol. The number of hydrogen-bond donors (Lipinski definition) is 0. The van der Waals surface area contributed by atoms with E-state index in [1.807, 2.05) is 27.7 Å². The number of nitrogens with zero attached hydrogens (tertiary/aromatic N) is 2. The zero-order chi connectivity index (χ0) is 14.4. The predicted molar refractivity (Wildman–Crippen MR) is 70.5 cm³/mol. The summed E-state index contributed by atoms with van der Waals surface area (Å²) in [7, 11) is 1.51. The number of aromatic nitrogens is 2. The smallest absolute Gasteiger partial charge is 0.240 e. The van der Waals surface area contributed by atoms with Crippen molar-refractivity contribution in [1.29, 1.82) is 0 Å². The molecule has 0 N–H and O–H groups in total. The van der Waals surface area contributed by atoms with Crippen LogP contribution in [0.25, 0.3) is 0 Å². The molecule has 1 aromatic rings. The normalized spacial score (nSPS) is 11.3. The van der Waals surface area contributed by atoms with Crippen LogP contribution in [-0.2, 0) is 9.47 Å². The molecule has 6 heteroatoms. The standard InChI is InChI=1S/C13H22N2O4/c1-6-18-13(19-7-2)12(16)11-10(17-5)8-14-15(11)9(3)4/h8-9,13H,6-7H2,1-5H3. The van der Waals surface area contributed by atoms with Crippen molar-refractivity contribution in [3.8, 4) is 5.75 Å². The fourth-order valence-corrected chi connectivity index (χ4v) is 1.74. The van der Waals surface area contributed by atoms with E-state index in [1.54, 1.807) is 4.68 Å². The van der Waals surface area contributed by atoms with Gasteiger partial charge in [0, 0.05) is 19.3 Å². The summed E-state index contributed by atoms with van der Waals surface area (Å²) in [5.74, 6) is 0.162. The van der Waals surface area contributed by atoms with Crippen LogP contribution < -0.4 is 4.74 Å². The van der Waals surface area contributed by atoms with Crippen molar-refractivity contribution in [2.45, 2.75) is 40.0 Å². The van der Waals surface area contributed by atoms with Crippen molar-refractivity contribution in [3.05, 3.63) is 11.9 Å². The van der Waals surface area contributed by atoms with Gasteiger partial charge in [-0.05, 0) is 27.7 Å². The molecule has 108 valence electrons. The van der Waals surface area contributed by atoms with E-state index in [1.165, 1.54) is 13.3 Å². The first-order chi connectivity index (χ1) is 9.06. The van der Waals surface area contributed by atoms with Gasteiger partial charge in [-0.1, -0.05) is 0 Å². The van der Waals surface area contributed by atoms with Crippen LogP contribution in [0.5, 0.6) is 5.75 Å². The van der Waals surface area contributed by atoms with Gasteiger partial charge in [-0.2, -0.15) is 5.10 Å². The van der Waals surface area contributed by atoms with E-state index in [2.05, 4.69) is 5.10 Å². The summed E-state index contributed by atoms with van der Waals surface area (Å²) < 4.78 is 17.5. The molecule has 0 saturated carbocycles. The lowest BCUT2D eigenvalue weighted by molar-refractivity contribution is -0.108. The van der Waals surface area contributed by atoms with Gasteiger partial charge in [0.25, 0.3) is 0 Å². The molecule has 0 fully saturated rings. The van der Waals surface area contributed by atoms with Crippen LogP contribution in [0.4, 0.5) is 0 Å². The zero-order valence-corrected chi connectivity index (χ0v) is 12.2. The molecular weight excluding hydrogens is 248 g/mol. The van der Waals surface area contributed by atoms with Crippen LogP contribution in [0.2, 0.25) is 0 Å². The number of Topliss-reactive ketones (excluding diaryl/α,β-unsaturated/α-hetero) is 1. The van der Waals surface area contributed by atoms with E-state index < -0.39 is 6.29 Å². The average Bonchev–Trinajstić information content (AvgIpc) is 2.81. The second kappa shape index (κ2) is 7.25. The average molecular weight is 270 g/mol. The zero-order valence-electron chi connectivity index (χ0n) is 12.2. The predicted octanol–water partition coefficient (Wildman–Crippen LogP) is 2.05. The molecule has 0 saturated heterocycles. The number of carbonyl (C=O) groups is 1. The van der Waals surface area contributed by atoms with E-state index in [9.17, 15) is 4.79 Å². The van der Waals surface area contributed by atoms with Gasteiger partial charge in [0.05, 0.1) is 13.3 Å². The molecule has 0 atom stereocenters. The molecule has 0 aliphatic carbocycles. The summed E-state index contributed by atoms with van der Waals surface area (Å²) >= 11 is 0. The summed E-state index contributed by atoms with van der Waals surface area (Å²) in [6.07, 6.45) is 0.612. The van der Waals surface area contributed by atoms with E-state index >= 15 is 0 Å². The number of ketones is 1. The Labute approximate surface area is 113 Å². The Balaban J connectivity index is 3.11. The molecule has 6 nitrogen and oxygen atoms in total. The van der Waals surface area contributed by atoms with E-state index in [0.717, 1.165) is 0 Å². The van der Waals surface area contributed by atoms with E-state index in [-0.39, 0.29) is 11.8 Å². The molecule has 0 aromatic carbocycles. The third kappa shape index (κ3) is 3.54. The van der Waals surface area contributed by atoms with Crippen molar-refractivity contribution >= 4 is 5.78 Å². The van der Waals surface area contributed by atoms with E-state index in [4.69, 9.17) is 14.2 Å². The van der Waals surface area contributed by atoms with Gasteiger partial charge in [0.15, 0.2) is 11.4 Å². The highest BCUT2D eigenvalue weighted by atomic mass is 16.7. The maximum absolute atomic E-state index is 12.5. The van der Waals surface area contributed by atoms with Crippen LogP contribution in [0.1, 0.15) is 44.2 Å². The first-order valence-corrected chi connectivity index (χ1v) is 6.45. The molecule has 0 bridgehead atoms. The second-order valence-electron chi connectivity index (χ2n) is 4.21. The van der Waals surface area contributed by atoms with Crippen molar-refractivity contribution < 1.29 is 19.0 Å². The summed E-state index contributed by atoms with van der Waals surface area (Å²) in [6.45, 7) is 8.31. The Morgan fingerprint density at radius 1 is 1.32 bits per heavy atom. The number of carbonyl (C=O) groups excluding carboxylic acids is 1. The lowest BCUT2D eigenvalue weighted by Gasteiger charge is -2.18. The van der Waals surface area contributed by atoms with Crippen LogP contribution in [0.3, 0.4) is 0 Å². The Bertz CT molecular complexity index is 409.